The summed E-state index contributed by atoms with van der Waals surface area (Å²) in [7, 11) is 0. The van der Waals surface area contributed by atoms with Crippen LogP contribution >= 0.6 is 0 Å². The minimum Gasteiger partial charge on any atom is -0.491 e. The number of benzene rings is 1. The molecule has 1 N–H and O–H groups in total. The predicted molar refractivity (Wildman–Crippen MR) is 94.0 cm³/mol. The normalized spacial score (nSPS) is 21.6. The van der Waals surface area contributed by atoms with Crippen molar-refractivity contribution in [1.82, 2.24) is 14.5 Å². The molecule has 136 valence electrons. The minimum absolute atomic E-state index is 0.202. The van der Waals surface area contributed by atoms with Gasteiger partial charge in [-0.15, -0.1) is 0 Å². The van der Waals surface area contributed by atoms with Crippen LogP contribution in [0.4, 0.5) is 4.39 Å². The van der Waals surface area contributed by atoms with Gasteiger partial charge >= 0.3 is 0 Å². The second-order valence-corrected chi connectivity index (χ2v) is 7.13. The van der Waals surface area contributed by atoms with E-state index < -0.39 is 5.60 Å². The van der Waals surface area contributed by atoms with Crippen LogP contribution in [0.3, 0.4) is 0 Å². The second-order valence-electron chi connectivity index (χ2n) is 7.13. The Morgan fingerprint density at radius 2 is 2.08 bits per heavy atom. The molecule has 0 unspecified atom stereocenters. The van der Waals surface area contributed by atoms with Crippen LogP contribution in [0.5, 0.6) is 5.75 Å². The number of hydrogen-bond acceptors (Lipinski definition) is 4. The molecule has 0 spiro atoms. The summed E-state index contributed by atoms with van der Waals surface area (Å²) in [4.78, 5) is 6.67. The molecule has 5 nitrogen and oxygen atoms in total. The van der Waals surface area contributed by atoms with Gasteiger partial charge in [-0.25, -0.2) is 9.37 Å². The van der Waals surface area contributed by atoms with Gasteiger partial charge in [0.2, 0.25) is 0 Å². The number of piperidine rings is 1. The van der Waals surface area contributed by atoms with Crippen molar-refractivity contribution in [1.29, 1.82) is 0 Å². The molecule has 1 aromatic heterocycles. The lowest BCUT2D eigenvalue weighted by molar-refractivity contribution is -0.0628. The van der Waals surface area contributed by atoms with Crippen molar-refractivity contribution < 1.29 is 14.2 Å². The number of imidazole rings is 1. The Morgan fingerprint density at radius 1 is 1.32 bits per heavy atom. The highest BCUT2D eigenvalue weighted by atomic mass is 19.1. The van der Waals surface area contributed by atoms with E-state index in [2.05, 4.69) is 28.3 Å². The zero-order chi connectivity index (χ0) is 17.9. The summed E-state index contributed by atoms with van der Waals surface area (Å²) < 4.78 is 20.8. The quantitative estimate of drug-likeness (QED) is 0.873. The van der Waals surface area contributed by atoms with E-state index >= 15 is 0 Å². The fourth-order valence-electron chi connectivity index (χ4n) is 3.34. The fourth-order valence-corrected chi connectivity index (χ4v) is 3.34. The van der Waals surface area contributed by atoms with Crippen molar-refractivity contribution in [2.45, 2.75) is 44.9 Å². The zero-order valence-electron chi connectivity index (χ0n) is 14.9. The highest BCUT2D eigenvalue weighted by molar-refractivity contribution is 5.22. The van der Waals surface area contributed by atoms with Crippen molar-refractivity contribution in [2.75, 3.05) is 19.7 Å². The average molecular weight is 347 g/mol. The van der Waals surface area contributed by atoms with Gasteiger partial charge in [0, 0.05) is 25.0 Å². The SMILES string of the molecule is CC(C)n1ccnc1CN1CCC[C@](O)(COc2ccc(F)cc2)C1. The Hall–Kier alpha value is -1.92. The van der Waals surface area contributed by atoms with E-state index in [-0.39, 0.29) is 12.4 Å². The lowest BCUT2D eigenvalue weighted by Gasteiger charge is -2.38. The highest BCUT2D eigenvalue weighted by Gasteiger charge is 2.34. The zero-order valence-corrected chi connectivity index (χ0v) is 14.9. The van der Waals surface area contributed by atoms with E-state index in [0.29, 0.717) is 31.3 Å². The molecule has 1 atom stereocenters. The first-order valence-electron chi connectivity index (χ1n) is 8.80. The molecule has 1 aromatic carbocycles. The maximum Gasteiger partial charge on any atom is 0.123 e. The van der Waals surface area contributed by atoms with Gasteiger partial charge in [-0.3, -0.25) is 4.90 Å². The Balaban J connectivity index is 1.59. The third-order valence-corrected chi connectivity index (χ3v) is 4.63. The Kier molecular flexibility index (Phi) is 5.39. The van der Waals surface area contributed by atoms with Crippen molar-refractivity contribution in [3.8, 4) is 5.75 Å². The molecule has 2 heterocycles. The maximum absolute atomic E-state index is 13.0. The number of halogens is 1. The number of β-amino-alcohol motifs (C(OH)–C–C–N with tert-alkyl or cyclic N) is 1. The largest absolute Gasteiger partial charge is 0.491 e. The number of ether oxygens (including phenoxy) is 1. The molecule has 3 rings (SSSR count). The topological polar surface area (TPSA) is 50.5 Å². The smallest absolute Gasteiger partial charge is 0.123 e. The molecule has 0 aliphatic carbocycles. The van der Waals surface area contributed by atoms with Gasteiger partial charge in [-0.2, -0.15) is 0 Å². The van der Waals surface area contributed by atoms with Gasteiger partial charge in [-0.05, 0) is 57.5 Å². The van der Waals surface area contributed by atoms with E-state index in [1.54, 1.807) is 12.1 Å². The van der Waals surface area contributed by atoms with E-state index in [1.165, 1.54) is 12.1 Å². The Labute approximate surface area is 148 Å². The van der Waals surface area contributed by atoms with Crippen molar-refractivity contribution in [3.63, 3.8) is 0 Å². The minimum atomic E-state index is -0.901. The lowest BCUT2D eigenvalue weighted by Crippen LogP contribution is -2.51. The van der Waals surface area contributed by atoms with Gasteiger partial charge in [0.05, 0.1) is 6.54 Å². The van der Waals surface area contributed by atoms with Gasteiger partial charge < -0.3 is 14.4 Å². The monoisotopic (exact) mass is 347 g/mol. The average Bonchev–Trinajstić information content (AvgIpc) is 3.03. The first kappa shape index (κ1) is 17.9. The van der Waals surface area contributed by atoms with E-state index in [1.807, 2.05) is 12.4 Å². The molecule has 1 aliphatic rings. The molecule has 0 bridgehead atoms. The Bertz CT molecular complexity index is 686. The molecule has 1 saturated heterocycles. The summed E-state index contributed by atoms with van der Waals surface area (Å²) in [5.41, 5.74) is -0.901. The van der Waals surface area contributed by atoms with E-state index in [9.17, 15) is 9.50 Å². The first-order valence-corrected chi connectivity index (χ1v) is 8.80. The molecular formula is C19H26FN3O2. The second kappa shape index (κ2) is 7.54. The van der Waals surface area contributed by atoms with Crippen molar-refractivity contribution >= 4 is 0 Å². The van der Waals surface area contributed by atoms with Crippen molar-refractivity contribution in [3.05, 3.63) is 48.3 Å². The third-order valence-electron chi connectivity index (χ3n) is 4.63. The van der Waals surface area contributed by atoms with Crippen LogP contribution in [0.25, 0.3) is 0 Å². The number of rotatable bonds is 6. The van der Waals surface area contributed by atoms with Gasteiger partial charge in [-0.1, -0.05) is 0 Å². The molecule has 2 aromatic rings. The summed E-state index contributed by atoms with van der Waals surface area (Å²) in [5, 5.41) is 10.9. The lowest BCUT2D eigenvalue weighted by atomic mass is 9.93. The van der Waals surface area contributed by atoms with Crippen molar-refractivity contribution in [2.24, 2.45) is 0 Å². The number of hydrogen-bond donors (Lipinski definition) is 1. The fraction of sp³-hybridized carbons (Fsp3) is 0.526. The molecule has 1 aliphatic heterocycles. The van der Waals surface area contributed by atoms with Crippen LogP contribution in [0.2, 0.25) is 0 Å². The van der Waals surface area contributed by atoms with Crippen LogP contribution in [-0.4, -0.2) is 44.9 Å². The van der Waals surface area contributed by atoms with Crippen LogP contribution < -0.4 is 4.74 Å². The summed E-state index contributed by atoms with van der Waals surface area (Å²) in [6.07, 6.45) is 5.42. The number of nitrogens with zero attached hydrogens (tertiary/aromatic N) is 3. The third kappa shape index (κ3) is 4.58. The summed E-state index contributed by atoms with van der Waals surface area (Å²) in [6, 6.07) is 6.25. The number of aromatic nitrogens is 2. The summed E-state index contributed by atoms with van der Waals surface area (Å²) in [6.45, 7) is 6.66. The highest BCUT2D eigenvalue weighted by Crippen LogP contribution is 2.24. The molecule has 6 heteroatoms. The van der Waals surface area contributed by atoms with Gasteiger partial charge in [0.25, 0.3) is 0 Å². The Morgan fingerprint density at radius 3 is 2.80 bits per heavy atom. The van der Waals surface area contributed by atoms with Crippen LogP contribution in [-0.2, 0) is 6.54 Å². The maximum atomic E-state index is 13.0. The summed E-state index contributed by atoms with van der Waals surface area (Å²) >= 11 is 0. The predicted octanol–water partition coefficient (Wildman–Crippen LogP) is 3.01. The first-order chi connectivity index (χ1) is 12.0. The number of likely N-dealkylation sites (tertiary alicyclic amines) is 1. The molecule has 0 amide bonds. The molecular weight excluding hydrogens is 321 g/mol. The van der Waals surface area contributed by atoms with Crippen LogP contribution in [0, 0.1) is 5.82 Å². The molecule has 0 radical (unpaired) electrons. The molecule has 25 heavy (non-hydrogen) atoms. The van der Waals surface area contributed by atoms with E-state index in [0.717, 1.165) is 18.8 Å². The van der Waals surface area contributed by atoms with Crippen LogP contribution in [0.15, 0.2) is 36.7 Å². The van der Waals surface area contributed by atoms with Gasteiger partial charge in [0.15, 0.2) is 0 Å². The summed E-state index contributed by atoms with van der Waals surface area (Å²) in [5.74, 6) is 1.29. The van der Waals surface area contributed by atoms with Gasteiger partial charge in [0.1, 0.15) is 29.6 Å². The van der Waals surface area contributed by atoms with E-state index in [4.69, 9.17) is 4.74 Å². The number of aliphatic hydroxyl groups is 1. The molecule has 0 saturated carbocycles. The molecule has 1 fully saturated rings. The standard InChI is InChI=1S/C19H26FN3O2/c1-15(2)23-11-9-21-18(23)12-22-10-3-8-19(24,13-22)14-25-17-6-4-16(20)5-7-17/h4-7,9,11,15,24H,3,8,10,12-14H2,1-2H3/t19-/m1/s1. The van der Waals surface area contributed by atoms with Crippen LogP contribution in [0.1, 0.15) is 38.6 Å².